The largest absolute Gasteiger partial charge is 0.481 e. The summed E-state index contributed by atoms with van der Waals surface area (Å²) < 4.78 is 0. The van der Waals surface area contributed by atoms with Crippen molar-refractivity contribution in [3.05, 3.63) is 35.9 Å². The number of hydrogen-bond acceptors (Lipinski definition) is 1. The van der Waals surface area contributed by atoms with Gasteiger partial charge in [-0.05, 0) is 18.9 Å². The molecule has 1 unspecified atom stereocenters. The molecule has 1 aromatic rings. The third-order valence-electron chi connectivity index (χ3n) is 3.91. The molecule has 2 nitrogen and oxygen atoms in total. The Hall–Kier alpha value is -0.544. The first kappa shape index (κ1) is 19.5. The molecule has 0 aliphatic carbocycles. The van der Waals surface area contributed by atoms with Gasteiger partial charge in [-0.15, -0.1) is 0 Å². The zero-order valence-electron chi connectivity index (χ0n) is 12.2. The van der Waals surface area contributed by atoms with Gasteiger partial charge < -0.3 is 5.11 Å². The molecule has 0 fully saturated rings. The van der Waals surface area contributed by atoms with Gasteiger partial charge in [0.25, 0.3) is 0 Å². The number of carboxylic acids is 1. The van der Waals surface area contributed by atoms with Crippen molar-refractivity contribution in [2.75, 3.05) is 0 Å². The Labute approximate surface area is 139 Å². The van der Waals surface area contributed by atoms with Crippen LogP contribution in [0.5, 0.6) is 0 Å². The van der Waals surface area contributed by atoms with E-state index in [1.54, 1.807) is 0 Å². The lowest BCUT2D eigenvalue weighted by molar-refractivity contribution is -0.143. The highest BCUT2D eigenvalue weighted by Gasteiger charge is 2.34. The minimum Gasteiger partial charge on any atom is -0.481 e. The van der Waals surface area contributed by atoms with Crippen LogP contribution in [0.1, 0.15) is 64.4 Å². The summed E-state index contributed by atoms with van der Waals surface area (Å²) in [5.41, 5.74) is 0.169. The fourth-order valence-electron chi connectivity index (χ4n) is 2.44. The fraction of sp³-hybridized carbons (Fsp3) is 0.588. The first-order chi connectivity index (χ1) is 9.11. The molecule has 0 aromatic heterocycles. The number of aliphatic carboxylic acids is 1. The molecule has 1 N–H and O–H groups in total. The van der Waals surface area contributed by atoms with E-state index in [0.29, 0.717) is 0 Å². The predicted molar refractivity (Wildman–Crippen MR) is 88.0 cm³/mol. The van der Waals surface area contributed by atoms with Crippen LogP contribution in [-0.2, 0) is 10.2 Å². The van der Waals surface area contributed by atoms with Crippen LogP contribution < -0.4 is 0 Å². The monoisotopic (exact) mass is 288 g/mol. The van der Waals surface area contributed by atoms with Crippen molar-refractivity contribution in [3.63, 3.8) is 0 Å². The maximum absolute atomic E-state index is 11.6. The summed E-state index contributed by atoms with van der Waals surface area (Å²) in [6, 6.07) is 9.60. The summed E-state index contributed by atoms with van der Waals surface area (Å²) in [7, 11) is 0. The van der Waals surface area contributed by atoms with Gasteiger partial charge in [0, 0.05) is 0 Å². The number of carbonyl (C=O) groups is 1. The number of hydrogen-bond donors (Lipinski definition) is 1. The van der Waals surface area contributed by atoms with E-state index in [2.05, 4.69) is 6.92 Å². The summed E-state index contributed by atoms with van der Waals surface area (Å²) in [6.45, 7) is 4.05. The molecule has 110 valence electrons. The zero-order valence-corrected chi connectivity index (χ0v) is 12.2. The Balaban J connectivity index is 0.00000361. The molecule has 0 saturated heterocycles. The molecular formula is C17H28MgO2. The van der Waals surface area contributed by atoms with Crippen LogP contribution in [0.2, 0.25) is 0 Å². The van der Waals surface area contributed by atoms with Gasteiger partial charge in [0.05, 0.1) is 5.41 Å². The molecule has 1 atom stereocenters. The van der Waals surface area contributed by atoms with Gasteiger partial charge in [-0.3, -0.25) is 4.79 Å². The van der Waals surface area contributed by atoms with E-state index in [-0.39, 0.29) is 23.1 Å². The second-order valence-electron chi connectivity index (χ2n) is 5.52. The van der Waals surface area contributed by atoms with Gasteiger partial charge in [-0.2, -0.15) is 0 Å². The number of carboxylic acid groups (broad SMARTS) is 1. The van der Waals surface area contributed by atoms with Crippen LogP contribution in [0.15, 0.2) is 30.3 Å². The van der Waals surface area contributed by atoms with Crippen molar-refractivity contribution in [3.8, 4) is 0 Å². The predicted octanol–water partition coefficient (Wildman–Crippen LogP) is 3.86. The lowest BCUT2D eigenvalue weighted by atomic mass is 9.78. The molecule has 3 heteroatoms. The van der Waals surface area contributed by atoms with Crippen molar-refractivity contribution in [2.24, 2.45) is 0 Å². The third kappa shape index (κ3) is 5.84. The zero-order chi connectivity index (χ0) is 14.1. The molecule has 0 amide bonds. The quantitative estimate of drug-likeness (QED) is 0.553. The SMILES string of the molecule is CCCCCCCCC(C)(C(=O)O)c1ccccc1.[MgH2]. The molecule has 0 saturated carbocycles. The summed E-state index contributed by atoms with van der Waals surface area (Å²) in [5, 5.41) is 9.53. The average Bonchev–Trinajstić information content (AvgIpc) is 2.43. The topological polar surface area (TPSA) is 37.3 Å². The van der Waals surface area contributed by atoms with Crippen LogP contribution >= 0.6 is 0 Å². The van der Waals surface area contributed by atoms with Gasteiger partial charge in [-0.25, -0.2) is 0 Å². The summed E-state index contributed by atoms with van der Waals surface area (Å²) in [5.74, 6) is -0.716. The Morgan fingerprint density at radius 1 is 1.05 bits per heavy atom. The van der Waals surface area contributed by atoms with Crippen LogP contribution in [-0.4, -0.2) is 34.1 Å². The fourth-order valence-corrected chi connectivity index (χ4v) is 2.44. The lowest BCUT2D eigenvalue weighted by Gasteiger charge is -2.25. The van der Waals surface area contributed by atoms with Gasteiger partial charge in [-0.1, -0.05) is 75.8 Å². The van der Waals surface area contributed by atoms with Crippen molar-refractivity contribution < 1.29 is 9.90 Å². The van der Waals surface area contributed by atoms with Crippen LogP contribution in [0.25, 0.3) is 0 Å². The Kier molecular flexibility index (Phi) is 9.94. The van der Waals surface area contributed by atoms with Crippen LogP contribution in [0, 0.1) is 0 Å². The molecule has 0 aliphatic heterocycles. The van der Waals surface area contributed by atoms with E-state index in [4.69, 9.17) is 0 Å². The van der Waals surface area contributed by atoms with E-state index < -0.39 is 11.4 Å². The number of unbranched alkanes of at least 4 members (excludes halogenated alkanes) is 5. The smallest absolute Gasteiger partial charge is 0.316 e. The van der Waals surface area contributed by atoms with Gasteiger partial charge in [0.2, 0.25) is 0 Å². The standard InChI is InChI=1S/C17H26O2.Mg.2H/c1-3-4-5-6-7-11-14-17(2,16(18)19)15-12-9-8-10-13-15;;;/h8-10,12-13H,3-7,11,14H2,1-2H3,(H,18,19);;;. The number of benzene rings is 1. The highest BCUT2D eigenvalue weighted by molar-refractivity contribution is 5.80. The maximum atomic E-state index is 11.6. The van der Waals surface area contributed by atoms with Crippen LogP contribution in [0.4, 0.5) is 0 Å². The van der Waals surface area contributed by atoms with Gasteiger partial charge >= 0.3 is 29.0 Å². The van der Waals surface area contributed by atoms with E-state index in [0.717, 1.165) is 24.8 Å². The summed E-state index contributed by atoms with van der Waals surface area (Å²) in [4.78, 5) is 11.6. The molecule has 0 bridgehead atoms. The Bertz CT molecular complexity index is 378. The van der Waals surface area contributed by atoms with E-state index in [1.165, 1.54) is 25.7 Å². The van der Waals surface area contributed by atoms with E-state index >= 15 is 0 Å². The minimum absolute atomic E-state index is 0. The van der Waals surface area contributed by atoms with Gasteiger partial charge in [0.15, 0.2) is 0 Å². The molecule has 1 rings (SSSR count). The molecule has 0 aliphatic rings. The third-order valence-corrected chi connectivity index (χ3v) is 3.91. The van der Waals surface area contributed by atoms with Crippen LogP contribution in [0.3, 0.4) is 0 Å². The molecule has 20 heavy (non-hydrogen) atoms. The number of rotatable bonds is 9. The average molecular weight is 289 g/mol. The summed E-state index contributed by atoms with van der Waals surface area (Å²) >= 11 is 0. The first-order valence-corrected chi connectivity index (χ1v) is 7.40. The van der Waals surface area contributed by atoms with E-state index in [9.17, 15) is 9.90 Å². The maximum Gasteiger partial charge on any atom is 0.316 e. The second-order valence-corrected chi connectivity index (χ2v) is 5.52. The molecule has 0 heterocycles. The van der Waals surface area contributed by atoms with Crippen molar-refractivity contribution >= 4 is 29.0 Å². The summed E-state index contributed by atoms with van der Waals surface area (Å²) in [6.07, 6.45) is 7.87. The highest BCUT2D eigenvalue weighted by Crippen LogP contribution is 2.30. The minimum atomic E-state index is -0.744. The molecule has 0 spiro atoms. The molecular weight excluding hydrogens is 260 g/mol. The van der Waals surface area contributed by atoms with Crippen molar-refractivity contribution in [1.29, 1.82) is 0 Å². The van der Waals surface area contributed by atoms with Crippen molar-refractivity contribution in [2.45, 2.75) is 64.2 Å². The molecule has 0 radical (unpaired) electrons. The first-order valence-electron chi connectivity index (χ1n) is 7.40. The van der Waals surface area contributed by atoms with E-state index in [1.807, 2.05) is 37.3 Å². The van der Waals surface area contributed by atoms with Gasteiger partial charge in [0.1, 0.15) is 0 Å². The lowest BCUT2D eigenvalue weighted by Crippen LogP contribution is -2.32. The molecule has 1 aromatic carbocycles. The highest BCUT2D eigenvalue weighted by atomic mass is 24.3. The Morgan fingerprint density at radius 2 is 1.60 bits per heavy atom. The Morgan fingerprint density at radius 3 is 2.15 bits per heavy atom. The normalized spacial score (nSPS) is 13.3. The van der Waals surface area contributed by atoms with Crippen molar-refractivity contribution in [1.82, 2.24) is 0 Å². The second kappa shape index (κ2) is 10.2.